The van der Waals surface area contributed by atoms with E-state index in [1.54, 1.807) is 38.4 Å². The number of hydrogen-bond donors (Lipinski definition) is 3. The zero-order chi connectivity index (χ0) is 30.3. The summed E-state index contributed by atoms with van der Waals surface area (Å²) in [5, 5.41) is 39.6. The summed E-state index contributed by atoms with van der Waals surface area (Å²) in [6.07, 6.45) is 5.71. The molecule has 1 amide bonds. The Hall–Kier alpha value is -4.99. The Bertz CT molecular complexity index is 1620. The topological polar surface area (TPSA) is 145 Å². The summed E-state index contributed by atoms with van der Waals surface area (Å²) in [6.45, 7) is 7.75. The van der Waals surface area contributed by atoms with Crippen LogP contribution in [-0.4, -0.2) is 60.7 Å². The molecular weight excluding hydrogens is 524 g/mol. The molecule has 0 atom stereocenters. The number of hydrazone groups is 1. The molecule has 2 aromatic carbocycles. The molecule has 0 radical (unpaired) electrons. The van der Waals surface area contributed by atoms with Crippen molar-refractivity contribution in [1.82, 2.24) is 14.8 Å². The molecule has 0 fully saturated rings. The van der Waals surface area contributed by atoms with Crippen LogP contribution >= 0.6 is 0 Å². The summed E-state index contributed by atoms with van der Waals surface area (Å²) in [5.41, 5.74) is 2.18. The van der Waals surface area contributed by atoms with Crippen LogP contribution in [0.2, 0.25) is 0 Å². The van der Waals surface area contributed by atoms with E-state index in [0.717, 1.165) is 0 Å². The molecule has 1 aliphatic heterocycles. The standard InChI is InChI=1S/C31H32N4O6/c1-30(2,17-22-24(32-34(5)26(22)36)18-7-11-20(12-8-18)28(38)39)15-16-31(3,4)23-25(33-35(6)27(23)37)19-9-13-21(14-10-19)29(40)41/h7-17,37H,1-6H3,(H,38,39)(H,40,41)/b16-15?,22-17+. The molecule has 0 spiro atoms. The maximum absolute atomic E-state index is 13.0. The average Bonchev–Trinajstić information content (AvgIpc) is 3.38. The third kappa shape index (κ3) is 5.81. The number of nitrogens with zero attached hydrogens (tertiary/aromatic N) is 4. The van der Waals surface area contributed by atoms with Crippen LogP contribution in [0.1, 0.15) is 59.5 Å². The van der Waals surface area contributed by atoms with Gasteiger partial charge in [0.25, 0.3) is 5.91 Å². The maximum atomic E-state index is 13.0. The van der Waals surface area contributed by atoms with Crippen LogP contribution < -0.4 is 0 Å². The van der Waals surface area contributed by atoms with Crippen LogP contribution in [-0.2, 0) is 17.3 Å². The van der Waals surface area contributed by atoms with Gasteiger partial charge in [0.15, 0.2) is 0 Å². The Labute approximate surface area is 237 Å². The molecule has 10 heteroatoms. The first-order valence-electron chi connectivity index (χ1n) is 12.9. The molecule has 0 bridgehead atoms. The van der Waals surface area contributed by atoms with E-state index in [2.05, 4.69) is 10.2 Å². The number of rotatable bonds is 8. The van der Waals surface area contributed by atoms with Crippen molar-refractivity contribution >= 4 is 23.6 Å². The summed E-state index contributed by atoms with van der Waals surface area (Å²) in [5.74, 6) is -2.36. The summed E-state index contributed by atoms with van der Waals surface area (Å²) >= 11 is 0. The van der Waals surface area contributed by atoms with E-state index in [1.165, 1.54) is 34.0 Å². The first-order valence-corrected chi connectivity index (χ1v) is 12.9. The number of likely N-dealkylation sites (N-methyl/N-ethyl adjacent to an activating group) is 1. The molecule has 0 saturated heterocycles. The Kier molecular flexibility index (Phi) is 7.45. The van der Waals surface area contributed by atoms with Gasteiger partial charge < -0.3 is 15.3 Å². The van der Waals surface area contributed by atoms with Crippen LogP contribution in [0.25, 0.3) is 11.3 Å². The van der Waals surface area contributed by atoms with Crippen molar-refractivity contribution in [2.24, 2.45) is 17.6 Å². The van der Waals surface area contributed by atoms with Gasteiger partial charge in [-0.3, -0.25) is 4.79 Å². The summed E-state index contributed by atoms with van der Waals surface area (Å²) < 4.78 is 1.38. The van der Waals surface area contributed by atoms with Gasteiger partial charge in [-0.2, -0.15) is 10.2 Å². The number of aromatic carboxylic acids is 2. The Morgan fingerprint density at radius 1 is 0.829 bits per heavy atom. The summed E-state index contributed by atoms with van der Waals surface area (Å²) in [6, 6.07) is 12.5. The van der Waals surface area contributed by atoms with Crippen molar-refractivity contribution in [3.63, 3.8) is 0 Å². The van der Waals surface area contributed by atoms with E-state index in [0.29, 0.717) is 33.7 Å². The molecule has 212 valence electrons. The zero-order valence-electron chi connectivity index (χ0n) is 23.7. The average molecular weight is 557 g/mol. The number of aromatic nitrogens is 2. The number of aryl methyl sites for hydroxylation is 1. The van der Waals surface area contributed by atoms with Crippen molar-refractivity contribution < 1.29 is 29.7 Å². The van der Waals surface area contributed by atoms with E-state index in [1.807, 2.05) is 45.9 Å². The first kappa shape index (κ1) is 29.0. The van der Waals surface area contributed by atoms with Crippen molar-refractivity contribution in [2.75, 3.05) is 7.05 Å². The van der Waals surface area contributed by atoms with E-state index in [4.69, 9.17) is 0 Å². The lowest BCUT2D eigenvalue weighted by Gasteiger charge is -2.24. The van der Waals surface area contributed by atoms with E-state index in [-0.39, 0.29) is 22.9 Å². The third-order valence-electron chi connectivity index (χ3n) is 6.95. The molecule has 1 aliphatic rings. The van der Waals surface area contributed by atoms with Crippen molar-refractivity contribution in [2.45, 2.75) is 33.1 Å². The number of carbonyl (C=O) groups excluding carboxylic acids is 1. The van der Waals surface area contributed by atoms with Crippen molar-refractivity contribution in [3.8, 4) is 17.1 Å². The Morgan fingerprint density at radius 2 is 1.34 bits per heavy atom. The van der Waals surface area contributed by atoms with Gasteiger partial charge in [0.05, 0.1) is 22.3 Å². The van der Waals surface area contributed by atoms with Gasteiger partial charge in [-0.1, -0.05) is 70.2 Å². The second-order valence-corrected chi connectivity index (χ2v) is 11.1. The molecule has 0 unspecified atom stereocenters. The highest BCUT2D eigenvalue weighted by Gasteiger charge is 2.33. The summed E-state index contributed by atoms with van der Waals surface area (Å²) in [7, 11) is 3.20. The monoisotopic (exact) mass is 556 g/mol. The molecule has 1 aromatic heterocycles. The predicted molar refractivity (Wildman–Crippen MR) is 154 cm³/mol. The lowest BCUT2D eigenvalue weighted by Crippen LogP contribution is -2.20. The van der Waals surface area contributed by atoms with Crippen LogP contribution in [0, 0.1) is 5.41 Å². The fraction of sp³-hybridized carbons (Fsp3) is 0.258. The minimum absolute atomic E-state index is 0.0139. The lowest BCUT2D eigenvalue weighted by molar-refractivity contribution is -0.124. The highest BCUT2D eigenvalue weighted by atomic mass is 16.4. The van der Waals surface area contributed by atoms with Crippen LogP contribution in [0.3, 0.4) is 0 Å². The van der Waals surface area contributed by atoms with Gasteiger partial charge in [-0.15, -0.1) is 0 Å². The number of hydrogen-bond acceptors (Lipinski definition) is 6. The van der Waals surface area contributed by atoms with E-state index >= 15 is 0 Å². The molecular formula is C31H32N4O6. The van der Waals surface area contributed by atoms with Gasteiger partial charge in [0.2, 0.25) is 5.88 Å². The first-order chi connectivity index (χ1) is 19.1. The second kappa shape index (κ2) is 10.5. The number of amides is 1. The number of aromatic hydroxyl groups is 1. The minimum atomic E-state index is -1.04. The molecule has 3 aromatic rings. The van der Waals surface area contributed by atoms with Crippen LogP contribution in [0.15, 0.2) is 77.4 Å². The van der Waals surface area contributed by atoms with Gasteiger partial charge >= 0.3 is 11.9 Å². The van der Waals surface area contributed by atoms with Crippen molar-refractivity contribution in [1.29, 1.82) is 0 Å². The maximum Gasteiger partial charge on any atom is 0.335 e. The van der Waals surface area contributed by atoms with E-state index < -0.39 is 22.8 Å². The van der Waals surface area contributed by atoms with Gasteiger partial charge in [-0.25, -0.2) is 19.3 Å². The molecule has 10 nitrogen and oxygen atoms in total. The number of carboxylic acids is 2. The Morgan fingerprint density at radius 3 is 1.85 bits per heavy atom. The molecule has 4 rings (SSSR count). The number of benzene rings is 2. The highest BCUT2D eigenvalue weighted by molar-refractivity contribution is 6.30. The molecule has 0 aliphatic carbocycles. The third-order valence-corrected chi connectivity index (χ3v) is 6.95. The number of allylic oxidation sites excluding steroid dienone is 3. The largest absolute Gasteiger partial charge is 0.493 e. The normalized spacial score (nSPS) is 15.2. The molecule has 41 heavy (non-hydrogen) atoms. The smallest absolute Gasteiger partial charge is 0.335 e. The number of carbonyl (C=O) groups is 3. The van der Waals surface area contributed by atoms with Crippen molar-refractivity contribution in [3.05, 3.63) is 94.6 Å². The van der Waals surface area contributed by atoms with Gasteiger partial charge in [-0.05, 0) is 24.3 Å². The molecule has 2 heterocycles. The SMILES string of the molecule is CN1N=C(c2ccc(C(=O)O)cc2)/C(=C\C(C)(C)C=CC(C)(C)c2c(-c3ccc(C(=O)O)cc3)nn(C)c2O)C1=O. The Balaban J connectivity index is 1.68. The van der Waals surface area contributed by atoms with Crippen LogP contribution in [0.5, 0.6) is 5.88 Å². The number of carboxylic acid groups (broad SMARTS) is 2. The van der Waals surface area contributed by atoms with Gasteiger partial charge in [0.1, 0.15) is 11.4 Å². The van der Waals surface area contributed by atoms with E-state index in [9.17, 15) is 29.7 Å². The molecule has 0 saturated carbocycles. The minimum Gasteiger partial charge on any atom is -0.493 e. The zero-order valence-corrected chi connectivity index (χ0v) is 23.7. The van der Waals surface area contributed by atoms with Crippen LogP contribution in [0.4, 0.5) is 0 Å². The quantitative estimate of drug-likeness (QED) is 0.266. The lowest BCUT2D eigenvalue weighted by atomic mass is 9.79. The summed E-state index contributed by atoms with van der Waals surface area (Å²) in [4.78, 5) is 35.6. The predicted octanol–water partition coefficient (Wildman–Crippen LogP) is 4.85. The fourth-order valence-corrected chi connectivity index (χ4v) is 4.65. The fourth-order valence-electron chi connectivity index (χ4n) is 4.65. The molecule has 3 N–H and O–H groups in total. The second-order valence-electron chi connectivity index (χ2n) is 11.1. The highest BCUT2D eigenvalue weighted by Crippen LogP contribution is 2.40. The van der Waals surface area contributed by atoms with Gasteiger partial charge in [0, 0.05) is 36.1 Å².